The van der Waals surface area contributed by atoms with Gasteiger partial charge in [0.15, 0.2) is 0 Å². The Labute approximate surface area is 158 Å². The number of hydrogen-bond acceptors (Lipinski definition) is 5. The van der Waals surface area contributed by atoms with E-state index in [-0.39, 0.29) is 22.5 Å². The first kappa shape index (κ1) is 20.4. The minimum atomic E-state index is -3.57. The molecule has 142 valence electrons. The number of carbonyl (C=O) groups is 1. The second kappa shape index (κ2) is 8.20. The molecule has 0 aliphatic rings. The zero-order chi connectivity index (χ0) is 19.4. The van der Waals surface area contributed by atoms with Gasteiger partial charge >= 0.3 is 0 Å². The highest BCUT2D eigenvalue weighted by Gasteiger charge is 2.28. The normalized spacial score (nSPS) is 14.0. The largest absolute Gasteiger partial charge is 0.349 e. The van der Waals surface area contributed by atoms with Crippen LogP contribution in [0.4, 0.5) is 5.69 Å². The number of carbonyl (C=O) groups excluding carboxylic acids is 1. The van der Waals surface area contributed by atoms with E-state index < -0.39 is 15.6 Å². The molecule has 0 radical (unpaired) electrons. The van der Waals surface area contributed by atoms with Crippen LogP contribution in [0.1, 0.15) is 26.3 Å². The predicted octanol–water partition coefficient (Wildman–Crippen LogP) is 2.58. The van der Waals surface area contributed by atoms with Crippen LogP contribution in [-0.2, 0) is 21.2 Å². The Balaban J connectivity index is 2.00. The molecule has 4 N–H and O–H groups in total. The van der Waals surface area contributed by atoms with Crippen LogP contribution >= 0.6 is 11.3 Å². The maximum atomic E-state index is 12.3. The van der Waals surface area contributed by atoms with Gasteiger partial charge in [-0.05, 0) is 42.0 Å². The molecule has 2 rings (SSSR count). The molecule has 8 heteroatoms. The van der Waals surface area contributed by atoms with E-state index in [1.807, 2.05) is 20.8 Å². The van der Waals surface area contributed by atoms with Gasteiger partial charge in [0.2, 0.25) is 5.91 Å². The number of thiophene rings is 1. The van der Waals surface area contributed by atoms with Crippen molar-refractivity contribution in [1.29, 1.82) is 0 Å². The molecule has 0 spiro atoms. The summed E-state index contributed by atoms with van der Waals surface area (Å²) in [5, 5.41) is 4.70. The molecule has 0 aliphatic heterocycles. The van der Waals surface area contributed by atoms with Gasteiger partial charge in [-0.25, -0.2) is 8.42 Å². The van der Waals surface area contributed by atoms with Crippen molar-refractivity contribution in [1.82, 2.24) is 5.32 Å². The molecule has 1 aromatic heterocycles. The Hall–Kier alpha value is -1.90. The highest BCUT2D eigenvalue weighted by atomic mass is 32.2. The number of amides is 1. The summed E-state index contributed by atoms with van der Waals surface area (Å²) in [7, 11) is -3.57. The quantitative estimate of drug-likeness (QED) is 0.639. The second-order valence-electron chi connectivity index (χ2n) is 6.74. The van der Waals surface area contributed by atoms with Gasteiger partial charge in [-0.3, -0.25) is 9.52 Å². The van der Waals surface area contributed by atoms with Crippen LogP contribution in [0.3, 0.4) is 0 Å². The number of sulfonamides is 1. The van der Waals surface area contributed by atoms with E-state index in [0.29, 0.717) is 12.2 Å². The average molecular weight is 396 g/mol. The highest BCUT2D eigenvalue weighted by molar-refractivity contribution is 7.94. The maximum absolute atomic E-state index is 12.3. The van der Waals surface area contributed by atoms with Crippen LogP contribution in [0, 0.1) is 5.92 Å². The summed E-state index contributed by atoms with van der Waals surface area (Å²) in [6.45, 7) is 6.32. The molecule has 6 nitrogen and oxygen atoms in total. The first-order valence-corrected chi connectivity index (χ1v) is 10.7. The van der Waals surface area contributed by atoms with Crippen molar-refractivity contribution < 1.29 is 13.2 Å². The van der Waals surface area contributed by atoms with Crippen molar-refractivity contribution >= 4 is 33.0 Å². The van der Waals surface area contributed by atoms with Crippen molar-refractivity contribution in [2.24, 2.45) is 11.7 Å². The van der Waals surface area contributed by atoms with Crippen molar-refractivity contribution in [3.8, 4) is 0 Å². The van der Waals surface area contributed by atoms with E-state index in [1.54, 1.807) is 41.8 Å². The summed E-state index contributed by atoms with van der Waals surface area (Å²) in [5.74, 6) is 0.101. The molecule has 0 saturated carbocycles. The SMILES string of the molecule is CC(C)C(C)(CN)NC(=O)Cc1ccc(NS(=O)(=O)c2cccs2)cc1. The molecule has 1 amide bonds. The van der Waals surface area contributed by atoms with Gasteiger partial charge in [0, 0.05) is 12.2 Å². The van der Waals surface area contributed by atoms with Crippen molar-refractivity contribution in [2.75, 3.05) is 11.3 Å². The fourth-order valence-electron chi connectivity index (χ4n) is 2.29. The first-order chi connectivity index (χ1) is 12.2. The third-order valence-electron chi connectivity index (χ3n) is 4.45. The van der Waals surface area contributed by atoms with Crippen molar-refractivity contribution in [3.63, 3.8) is 0 Å². The number of nitrogens with one attached hydrogen (secondary N) is 2. The van der Waals surface area contributed by atoms with Crippen LogP contribution in [0.25, 0.3) is 0 Å². The molecule has 26 heavy (non-hydrogen) atoms. The Morgan fingerprint density at radius 3 is 2.38 bits per heavy atom. The lowest BCUT2D eigenvalue weighted by Gasteiger charge is -2.33. The zero-order valence-electron chi connectivity index (χ0n) is 15.2. The van der Waals surface area contributed by atoms with Crippen LogP contribution < -0.4 is 15.8 Å². The average Bonchev–Trinajstić information content (AvgIpc) is 3.11. The zero-order valence-corrected chi connectivity index (χ0v) is 16.8. The monoisotopic (exact) mass is 395 g/mol. The maximum Gasteiger partial charge on any atom is 0.271 e. The second-order valence-corrected chi connectivity index (χ2v) is 9.59. The molecular formula is C18H25N3O3S2. The van der Waals surface area contributed by atoms with E-state index in [4.69, 9.17) is 5.73 Å². The molecule has 1 atom stereocenters. The third kappa shape index (κ3) is 5.06. The van der Waals surface area contributed by atoms with Gasteiger partial charge < -0.3 is 11.1 Å². The molecule has 1 unspecified atom stereocenters. The van der Waals surface area contributed by atoms with Gasteiger partial charge in [-0.15, -0.1) is 11.3 Å². The van der Waals surface area contributed by atoms with Crippen LogP contribution in [0.15, 0.2) is 46.0 Å². The van der Waals surface area contributed by atoms with Gasteiger partial charge in [0.05, 0.1) is 12.0 Å². The van der Waals surface area contributed by atoms with Crippen molar-refractivity contribution in [2.45, 2.75) is 36.9 Å². The van der Waals surface area contributed by atoms with E-state index in [2.05, 4.69) is 10.0 Å². The third-order valence-corrected chi connectivity index (χ3v) is 7.23. The molecule has 0 bridgehead atoms. The van der Waals surface area contributed by atoms with Gasteiger partial charge in [0.1, 0.15) is 4.21 Å². The van der Waals surface area contributed by atoms with Gasteiger partial charge in [-0.1, -0.05) is 32.0 Å². The minimum Gasteiger partial charge on any atom is -0.349 e. The lowest BCUT2D eigenvalue weighted by Crippen LogP contribution is -2.55. The number of hydrogen-bond donors (Lipinski definition) is 3. The lowest BCUT2D eigenvalue weighted by molar-refractivity contribution is -0.122. The fraction of sp³-hybridized carbons (Fsp3) is 0.389. The Kier molecular flexibility index (Phi) is 6.44. The van der Waals surface area contributed by atoms with E-state index in [9.17, 15) is 13.2 Å². The van der Waals surface area contributed by atoms with Crippen LogP contribution in [0.2, 0.25) is 0 Å². The summed E-state index contributed by atoms with van der Waals surface area (Å²) in [4.78, 5) is 12.3. The number of nitrogens with two attached hydrogens (primary N) is 1. The van der Waals surface area contributed by atoms with Gasteiger partial charge in [-0.2, -0.15) is 0 Å². The lowest BCUT2D eigenvalue weighted by atomic mass is 9.88. The molecule has 1 heterocycles. The molecular weight excluding hydrogens is 370 g/mol. The summed E-state index contributed by atoms with van der Waals surface area (Å²) in [6, 6.07) is 10.0. The van der Waals surface area contributed by atoms with E-state index >= 15 is 0 Å². The van der Waals surface area contributed by atoms with Crippen LogP contribution in [-0.4, -0.2) is 26.4 Å². The molecule has 0 aliphatic carbocycles. The predicted molar refractivity (Wildman–Crippen MR) is 106 cm³/mol. The number of anilines is 1. The molecule has 2 aromatic rings. The minimum absolute atomic E-state index is 0.112. The van der Waals surface area contributed by atoms with E-state index in [1.165, 1.54) is 0 Å². The molecule has 1 aromatic carbocycles. The smallest absolute Gasteiger partial charge is 0.271 e. The standard InChI is InChI=1S/C18H25N3O3S2/c1-13(2)18(3,12-19)20-16(22)11-14-6-8-15(9-7-14)21-26(23,24)17-5-4-10-25-17/h4-10,13,21H,11-12,19H2,1-3H3,(H,20,22). The number of benzene rings is 1. The molecule has 0 fully saturated rings. The first-order valence-electron chi connectivity index (χ1n) is 8.32. The number of rotatable bonds is 8. The summed E-state index contributed by atoms with van der Waals surface area (Å²) < 4.78 is 27.2. The van der Waals surface area contributed by atoms with Crippen LogP contribution in [0.5, 0.6) is 0 Å². The van der Waals surface area contributed by atoms with E-state index in [0.717, 1.165) is 16.9 Å². The molecule has 0 saturated heterocycles. The summed E-state index contributed by atoms with van der Waals surface area (Å²) in [6.07, 6.45) is 0.209. The Morgan fingerprint density at radius 2 is 1.88 bits per heavy atom. The summed E-state index contributed by atoms with van der Waals surface area (Å²) in [5.41, 5.74) is 6.59. The summed E-state index contributed by atoms with van der Waals surface area (Å²) >= 11 is 1.16. The topological polar surface area (TPSA) is 101 Å². The fourth-order valence-corrected chi connectivity index (χ4v) is 4.34. The van der Waals surface area contributed by atoms with Crippen molar-refractivity contribution in [3.05, 3.63) is 47.3 Å². The Bertz CT molecular complexity index is 831. The Morgan fingerprint density at radius 1 is 1.23 bits per heavy atom. The highest BCUT2D eigenvalue weighted by Crippen LogP contribution is 2.21. The van der Waals surface area contributed by atoms with Gasteiger partial charge in [0.25, 0.3) is 10.0 Å².